The summed E-state index contributed by atoms with van der Waals surface area (Å²) < 4.78 is 11.0. The Morgan fingerprint density at radius 2 is 1.96 bits per heavy atom. The van der Waals surface area contributed by atoms with Crippen molar-refractivity contribution in [3.05, 3.63) is 57.6 Å². The van der Waals surface area contributed by atoms with Gasteiger partial charge in [0.15, 0.2) is 11.5 Å². The predicted octanol–water partition coefficient (Wildman–Crippen LogP) is 3.58. The lowest BCUT2D eigenvalue weighted by Crippen LogP contribution is -2.24. The lowest BCUT2D eigenvalue weighted by molar-refractivity contribution is 0.249. The number of carbonyl (C=O) groups excluding carboxylic acids is 1. The SMILES string of the molecule is COc1cc(/C=N\NC(N)=O)ccc1OCc1c(Cl)cccc1Cl. The van der Waals surface area contributed by atoms with Crippen LogP contribution in [0, 0.1) is 0 Å². The molecule has 0 heterocycles. The summed E-state index contributed by atoms with van der Waals surface area (Å²) in [5.41, 5.74) is 8.43. The molecule has 0 radical (unpaired) electrons. The van der Waals surface area contributed by atoms with E-state index in [1.807, 2.05) is 0 Å². The first-order chi connectivity index (χ1) is 11.5. The minimum absolute atomic E-state index is 0.200. The largest absolute Gasteiger partial charge is 0.493 e. The second kappa shape index (κ2) is 8.42. The molecule has 6 nitrogen and oxygen atoms in total. The first-order valence-corrected chi connectivity index (χ1v) is 7.59. The van der Waals surface area contributed by atoms with Gasteiger partial charge in [0, 0.05) is 15.6 Å². The molecule has 0 spiro atoms. The van der Waals surface area contributed by atoms with Gasteiger partial charge >= 0.3 is 6.03 Å². The van der Waals surface area contributed by atoms with Crippen molar-refractivity contribution in [2.45, 2.75) is 6.61 Å². The van der Waals surface area contributed by atoms with E-state index in [1.165, 1.54) is 13.3 Å². The van der Waals surface area contributed by atoms with Gasteiger partial charge in [-0.2, -0.15) is 5.10 Å². The Morgan fingerprint density at radius 1 is 1.25 bits per heavy atom. The van der Waals surface area contributed by atoms with E-state index in [-0.39, 0.29) is 6.61 Å². The summed E-state index contributed by atoms with van der Waals surface area (Å²) in [6.45, 7) is 0.200. The Morgan fingerprint density at radius 3 is 2.58 bits per heavy atom. The maximum Gasteiger partial charge on any atom is 0.332 e. The Bertz CT molecular complexity index is 746. The number of nitrogens with zero attached hydrogens (tertiary/aromatic N) is 1. The molecular weight excluding hydrogens is 353 g/mol. The van der Waals surface area contributed by atoms with Crippen LogP contribution < -0.4 is 20.6 Å². The lowest BCUT2D eigenvalue weighted by atomic mass is 10.2. The van der Waals surface area contributed by atoms with E-state index < -0.39 is 6.03 Å². The fourth-order valence-corrected chi connectivity index (χ4v) is 2.38. The van der Waals surface area contributed by atoms with Crippen LogP contribution >= 0.6 is 23.2 Å². The second-order valence-corrected chi connectivity index (χ2v) is 5.45. The molecule has 0 saturated carbocycles. The van der Waals surface area contributed by atoms with Gasteiger partial charge in [0.1, 0.15) is 6.61 Å². The van der Waals surface area contributed by atoms with Crippen LogP contribution in [0.4, 0.5) is 4.79 Å². The van der Waals surface area contributed by atoms with Crippen molar-refractivity contribution >= 4 is 35.4 Å². The highest BCUT2D eigenvalue weighted by atomic mass is 35.5. The molecule has 0 aliphatic heterocycles. The number of halogens is 2. The third kappa shape index (κ3) is 4.78. The van der Waals surface area contributed by atoms with Crippen molar-refractivity contribution in [3.8, 4) is 11.5 Å². The van der Waals surface area contributed by atoms with Gasteiger partial charge in [-0.15, -0.1) is 0 Å². The van der Waals surface area contributed by atoms with Crippen LogP contribution in [0.15, 0.2) is 41.5 Å². The molecule has 0 aromatic heterocycles. The summed E-state index contributed by atoms with van der Waals surface area (Å²) in [5, 5.41) is 4.74. The third-order valence-electron chi connectivity index (χ3n) is 3.01. The quantitative estimate of drug-likeness (QED) is 0.604. The van der Waals surface area contributed by atoms with Crippen LogP contribution in [-0.4, -0.2) is 19.4 Å². The number of amides is 2. The van der Waals surface area contributed by atoms with E-state index in [0.717, 1.165) is 0 Å². The van der Waals surface area contributed by atoms with Crippen LogP contribution in [0.1, 0.15) is 11.1 Å². The van der Waals surface area contributed by atoms with E-state index >= 15 is 0 Å². The summed E-state index contributed by atoms with van der Waals surface area (Å²) in [7, 11) is 1.52. The van der Waals surface area contributed by atoms with Crippen LogP contribution in [-0.2, 0) is 6.61 Å². The molecule has 2 rings (SSSR count). The van der Waals surface area contributed by atoms with E-state index in [4.69, 9.17) is 38.4 Å². The zero-order chi connectivity index (χ0) is 17.5. The third-order valence-corrected chi connectivity index (χ3v) is 3.72. The normalized spacial score (nSPS) is 10.6. The number of methoxy groups -OCH3 is 1. The average Bonchev–Trinajstić information content (AvgIpc) is 2.54. The first kappa shape index (κ1) is 17.9. The maximum atomic E-state index is 10.6. The average molecular weight is 368 g/mol. The van der Waals surface area contributed by atoms with Crippen molar-refractivity contribution in [1.82, 2.24) is 5.43 Å². The molecule has 3 N–H and O–H groups in total. The van der Waals surface area contributed by atoms with Gasteiger partial charge in [-0.3, -0.25) is 0 Å². The number of hydrogen-bond donors (Lipinski definition) is 2. The summed E-state index contributed by atoms with van der Waals surface area (Å²) in [6.07, 6.45) is 1.43. The number of nitrogens with one attached hydrogen (secondary N) is 1. The van der Waals surface area contributed by atoms with Crippen molar-refractivity contribution in [2.24, 2.45) is 10.8 Å². The molecule has 0 saturated heterocycles. The fourth-order valence-electron chi connectivity index (χ4n) is 1.87. The van der Waals surface area contributed by atoms with Crippen molar-refractivity contribution in [3.63, 3.8) is 0 Å². The Balaban J connectivity index is 2.13. The minimum Gasteiger partial charge on any atom is -0.493 e. The minimum atomic E-state index is -0.741. The Labute approximate surface area is 149 Å². The van der Waals surface area contributed by atoms with E-state index in [9.17, 15) is 4.79 Å². The summed E-state index contributed by atoms with van der Waals surface area (Å²) >= 11 is 12.2. The highest BCUT2D eigenvalue weighted by Gasteiger charge is 2.09. The summed E-state index contributed by atoms with van der Waals surface area (Å²) in [5.74, 6) is 1.02. The van der Waals surface area contributed by atoms with Gasteiger partial charge in [-0.05, 0) is 35.9 Å². The van der Waals surface area contributed by atoms with E-state index in [0.29, 0.717) is 32.7 Å². The monoisotopic (exact) mass is 367 g/mol. The lowest BCUT2D eigenvalue weighted by Gasteiger charge is -2.13. The van der Waals surface area contributed by atoms with Crippen molar-refractivity contribution in [1.29, 1.82) is 0 Å². The van der Waals surface area contributed by atoms with Gasteiger partial charge in [-0.1, -0.05) is 29.3 Å². The molecule has 0 unspecified atom stereocenters. The Hall–Kier alpha value is -2.44. The fraction of sp³-hybridized carbons (Fsp3) is 0.125. The number of hydrogen-bond acceptors (Lipinski definition) is 4. The van der Waals surface area contributed by atoms with Crippen LogP contribution in [0.5, 0.6) is 11.5 Å². The molecule has 126 valence electrons. The zero-order valence-corrected chi connectivity index (χ0v) is 14.3. The highest BCUT2D eigenvalue weighted by Crippen LogP contribution is 2.31. The number of benzene rings is 2. The van der Waals surface area contributed by atoms with Gasteiger partial charge in [0.25, 0.3) is 0 Å². The number of ether oxygens (including phenoxy) is 2. The zero-order valence-electron chi connectivity index (χ0n) is 12.8. The van der Waals surface area contributed by atoms with Crippen LogP contribution in [0.3, 0.4) is 0 Å². The first-order valence-electron chi connectivity index (χ1n) is 6.83. The number of primary amides is 1. The van der Waals surface area contributed by atoms with Gasteiger partial charge < -0.3 is 15.2 Å². The number of urea groups is 1. The molecule has 2 amide bonds. The molecular formula is C16H15Cl2N3O3. The predicted molar refractivity (Wildman–Crippen MR) is 94.1 cm³/mol. The molecule has 0 fully saturated rings. The topological polar surface area (TPSA) is 85.9 Å². The smallest absolute Gasteiger partial charge is 0.332 e. The number of rotatable bonds is 6. The van der Waals surface area contributed by atoms with Gasteiger partial charge in [0.2, 0.25) is 0 Å². The van der Waals surface area contributed by atoms with Crippen LogP contribution in [0.25, 0.3) is 0 Å². The molecule has 0 atom stereocenters. The number of carbonyl (C=O) groups is 1. The standard InChI is InChI=1S/C16H15Cl2N3O3/c1-23-15-7-10(8-20-21-16(19)22)5-6-14(15)24-9-11-12(17)3-2-4-13(11)18/h2-8H,9H2,1H3,(H3,19,21,22)/b20-8-. The molecule has 0 bridgehead atoms. The van der Waals surface area contributed by atoms with Gasteiger partial charge in [-0.25, -0.2) is 10.2 Å². The van der Waals surface area contributed by atoms with E-state index in [1.54, 1.807) is 36.4 Å². The van der Waals surface area contributed by atoms with Gasteiger partial charge in [0.05, 0.1) is 13.3 Å². The summed E-state index contributed by atoms with van der Waals surface area (Å²) in [6, 6.07) is 9.69. The number of nitrogens with two attached hydrogens (primary N) is 1. The van der Waals surface area contributed by atoms with Crippen LogP contribution in [0.2, 0.25) is 10.0 Å². The Kier molecular flexibility index (Phi) is 6.28. The number of hydrazone groups is 1. The highest BCUT2D eigenvalue weighted by molar-refractivity contribution is 6.35. The second-order valence-electron chi connectivity index (χ2n) is 4.63. The molecule has 0 aliphatic rings. The molecule has 2 aromatic carbocycles. The van der Waals surface area contributed by atoms with Crippen molar-refractivity contribution in [2.75, 3.05) is 7.11 Å². The van der Waals surface area contributed by atoms with E-state index in [2.05, 4.69) is 10.5 Å². The molecule has 24 heavy (non-hydrogen) atoms. The summed E-state index contributed by atoms with van der Waals surface area (Å²) in [4.78, 5) is 10.6. The molecule has 8 heteroatoms. The molecule has 0 aliphatic carbocycles. The maximum absolute atomic E-state index is 10.6. The molecule has 2 aromatic rings. The van der Waals surface area contributed by atoms with Crippen molar-refractivity contribution < 1.29 is 14.3 Å².